The summed E-state index contributed by atoms with van der Waals surface area (Å²) in [5.41, 5.74) is 2.08. The standard InChI is InChI=1S/C25H30N4O3/c1-24(2)13-7-14-25(3,4)29(24)32-21-11-10-19(26-27-21)23-18(8-6-9-20(23)30)17-12-15-28(5)22(31)16-17/h6,8-12,15-16,30H,7,13-14H2,1-5H3. The lowest BCUT2D eigenvalue weighted by atomic mass is 9.82. The fraction of sp³-hybridized carbons (Fsp3) is 0.400. The highest BCUT2D eigenvalue weighted by atomic mass is 16.7. The van der Waals surface area contributed by atoms with Crippen molar-refractivity contribution in [1.82, 2.24) is 19.8 Å². The van der Waals surface area contributed by atoms with E-state index in [0.29, 0.717) is 28.3 Å². The van der Waals surface area contributed by atoms with E-state index in [1.165, 1.54) is 4.57 Å². The molecule has 2 aromatic heterocycles. The molecule has 0 spiro atoms. The Morgan fingerprint density at radius 1 is 1.00 bits per heavy atom. The second kappa shape index (κ2) is 8.06. The first kappa shape index (κ1) is 22.0. The number of aromatic hydroxyl groups is 1. The maximum Gasteiger partial charge on any atom is 0.257 e. The Labute approximate surface area is 188 Å². The van der Waals surface area contributed by atoms with Crippen LogP contribution in [0.1, 0.15) is 47.0 Å². The number of aromatic nitrogens is 3. The Bertz CT molecular complexity index is 1170. The van der Waals surface area contributed by atoms with Gasteiger partial charge in [0.2, 0.25) is 0 Å². The van der Waals surface area contributed by atoms with Gasteiger partial charge in [-0.25, -0.2) is 0 Å². The number of nitrogens with zero attached hydrogens (tertiary/aromatic N) is 4. The van der Waals surface area contributed by atoms with Crippen LogP contribution in [0.4, 0.5) is 0 Å². The average molecular weight is 435 g/mol. The number of phenols is 1. The largest absolute Gasteiger partial charge is 0.507 e. The minimum absolute atomic E-state index is 0.0736. The van der Waals surface area contributed by atoms with Gasteiger partial charge in [0.05, 0.1) is 22.3 Å². The first-order valence-electron chi connectivity index (χ1n) is 10.9. The number of hydrogen-bond donors (Lipinski definition) is 1. The van der Waals surface area contributed by atoms with Crippen molar-refractivity contribution in [2.45, 2.75) is 58.0 Å². The first-order valence-corrected chi connectivity index (χ1v) is 10.9. The van der Waals surface area contributed by atoms with E-state index in [2.05, 4.69) is 37.9 Å². The summed E-state index contributed by atoms with van der Waals surface area (Å²) in [5, 5.41) is 21.3. The van der Waals surface area contributed by atoms with Gasteiger partial charge >= 0.3 is 0 Å². The highest BCUT2D eigenvalue weighted by Crippen LogP contribution is 2.40. The van der Waals surface area contributed by atoms with Crippen molar-refractivity contribution in [1.29, 1.82) is 0 Å². The van der Waals surface area contributed by atoms with Crippen LogP contribution in [0, 0.1) is 0 Å². The molecule has 1 aliphatic heterocycles. The quantitative estimate of drug-likeness (QED) is 0.649. The highest BCUT2D eigenvalue weighted by molar-refractivity contribution is 5.85. The number of pyridine rings is 1. The Kier molecular flexibility index (Phi) is 5.54. The second-order valence-electron chi connectivity index (χ2n) is 9.69. The third-order valence-electron chi connectivity index (χ3n) is 6.22. The third-order valence-corrected chi connectivity index (χ3v) is 6.22. The van der Waals surface area contributed by atoms with Crippen molar-refractivity contribution in [2.24, 2.45) is 7.05 Å². The summed E-state index contributed by atoms with van der Waals surface area (Å²) in [6, 6.07) is 12.1. The zero-order valence-corrected chi connectivity index (χ0v) is 19.3. The lowest BCUT2D eigenvalue weighted by Crippen LogP contribution is -2.60. The normalized spacial score (nSPS) is 17.8. The molecule has 4 rings (SSSR count). The summed E-state index contributed by atoms with van der Waals surface area (Å²) >= 11 is 0. The smallest absolute Gasteiger partial charge is 0.257 e. The number of hydrogen-bond acceptors (Lipinski definition) is 6. The van der Waals surface area contributed by atoms with Gasteiger partial charge in [0.25, 0.3) is 11.4 Å². The predicted molar refractivity (Wildman–Crippen MR) is 124 cm³/mol. The molecule has 7 nitrogen and oxygen atoms in total. The third kappa shape index (κ3) is 4.12. The zero-order valence-electron chi connectivity index (χ0n) is 19.3. The molecular formula is C25H30N4O3. The van der Waals surface area contributed by atoms with E-state index in [1.807, 2.05) is 17.2 Å². The number of piperidine rings is 1. The van der Waals surface area contributed by atoms with Gasteiger partial charge in [0, 0.05) is 25.4 Å². The molecule has 0 radical (unpaired) electrons. The van der Waals surface area contributed by atoms with E-state index in [1.54, 1.807) is 43.6 Å². The maximum absolute atomic E-state index is 12.1. The number of rotatable bonds is 4. The van der Waals surface area contributed by atoms with Crippen LogP contribution in [0.5, 0.6) is 11.6 Å². The minimum atomic E-state index is -0.126. The molecular weight excluding hydrogens is 404 g/mol. The molecule has 0 unspecified atom stereocenters. The van der Waals surface area contributed by atoms with Crippen LogP contribution in [0.2, 0.25) is 0 Å². The molecule has 0 aliphatic carbocycles. The molecule has 32 heavy (non-hydrogen) atoms. The van der Waals surface area contributed by atoms with E-state index in [4.69, 9.17) is 4.84 Å². The minimum Gasteiger partial charge on any atom is -0.507 e. The molecule has 1 fully saturated rings. The van der Waals surface area contributed by atoms with Crippen molar-refractivity contribution in [3.63, 3.8) is 0 Å². The number of phenolic OH excluding ortho intramolecular Hbond substituents is 1. The summed E-state index contributed by atoms with van der Waals surface area (Å²) in [6.45, 7) is 8.70. The van der Waals surface area contributed by atoms with Crippen LogP contribution in [0.15, 0.2) is 53.5 Å². The van der Waals surface area contributed by atoms with Crippen LogP contribution >= 0.6 is 0 Å². The summed E-state index contributed by atoms with van der Waals surface area (Å²) < 4.78 is 1.50. The summed E-state index contributed by atoms with van der Waals surface area (Å²) in [6.07, 6.45) is 4.94. The predicted octanol–water partition coefficient (Wildman–Crippen LogP) is 4.55. The molecule has 0 atom stereocenters. The summed E-state index contributed by atoms with van der Waals surface area (Å²) in [4.78, 5) is 18.3. The van der Waals surface area contributed by atoms with Gasteiger partial charge in [0.15, 0.2) is 0 Å². The van der Waals surface area contributed by atoms with Crippen molar-refractivity contribution < 1.29 is 9.94 Å². The Hall–Kier alpha value is -3.19. The SMILES string of the molecule is Cn1ccc(-c2cccc(O)c2-c2ccc(ON3C(C)(C)CCCC3(C)C)nn2)cc1=O. The monoisotopic (exact) mass is 434 g/mol. The Balaban J connectivity index is 1.68. The van der Waals surface area contributed by atoms with Crippen molar-refractivity contribution in [3.8, 4) is 34.0 Å². The van der Waals surface area contributed by atoms with Crippen LogP contribution in [0.25, 0.3) is 22.4 Å². The average Bonchev–Trinajstić information content (AvgIpc) is 2.73. The number of hydroxylamine groups is 2. The van der Waals surface area contributed by atoms with Crippen molar-refractivity contribution in [2.75, 3.05) is 0 Å². The lowest BCUT2D eigenvalue weighted by Gasteiger charge is -2.50. The lowest BCUT2D eigenvalue weighted by molar-refractivity contribution is -0.219. The van der Waals surface area contributed by atoms with Crippen molar-refractivity contribution in [3.05, 3.63) is 59.0 Å². The molecule has 0 saturated carbocycles. The van der Waals surface area contributed by atoms with Gasteiger partial charge in [-0.3, -0.25) is 4.79 Å². The zero-order chi connectivity index (χ0) is 23.1. The van der Waals surface area contributed by atoms with E-state index in [0.717, 1.165) is 19.3 Å². The van der Waals surface area contributed by atoms with E-state index >= 15 is 0 Å². The van der Waals surface area contributed by atoms with Gasteiger partial charge < -0.3 is 14.5 Å². The molecule has 0 bridgehead atoms. The van der Waals surface area contributed by atoms with E-state index < -0.39 is 0 Å². The number of benzene rings is 1. The van der Waals surface area contributed by atoms with Gasteiger partial charge in [-0.05, 0) is 76.3 Å². The van der Waals surface area contributed by atoms with Crippen LogP contribution in [0.3, 0.4) is 0 Å². The molecule has 1 aliphatic rings. The molecule has 168 valence electrons. The Morgan fingerprint density at radius 3 is 2.34 bits per heavy atom. The highest BCUT2D eigenvalue weighted by Gasteiger charge is 2.43. The first-order chi connectivity index (χ1) is 15.1. The summed E-state index contributed by atoms with van der Waals surface area (Å²) in [7, 11) is 1.70. The van der Waals surface area contributed by atoms with Gasteiger partial charge in [-0.15, -0.1) is 15.3 Å². The second-order valence-corrected chi connectivity index (χ2v) is 9.69. The molecule has 1 aromatic carbocycles. The maximum atomic E-state index is 12.1. The van der Waals surface area contributed by atoms with Gasteiger partial charge in [0.1, 0.15) is 5.75 Å². The summed E-state index contributed by atoms with van der Waals surface area (Å²) in [5.74, 6) is 0.479. The van der Waals surface area contributed by atoms with Crippen molar-refractivity contribution >= 4 is 0 Å². The molecule has 3 heterocycles. The Morgan fingerprint density at radius 2 is 1.72 bits per heavy atom. The van der Waals surface area contributed by atoms with Crippen LogP contribution < -0.4 is 10.4 Å². The molecule has 7 heteroatoms. The molecule has 1 N–H and O–H groups in total. The number of aryl methyl sites for hydroxylation is 1. The van der Waals surface area contributed by atoms with Gasteiger partial charge in [-0.2, -0.15) is 0 Å². The van der Waals surface area contributed by atoms with Crippen LogP contribution in [-0.4, -0.2) is 36.0 Å². The topological polar surface area (TPSA) is 80.5 Å². The van der Waals surface area contributed by atoms with E-state index in [-0.39, 0.29) is 22.4 Å². The van der Waals surface area contributed by atoms with Gasteiger partial charge in [-0.1, -0.05) is 12.1 Å². The van der Waals surface area contributed by atoms with E-state index in [9.17, 15) is 9.90 Å². The fourth-order valence-corrected chi connectivity index (χ4v) is 4.58. The van der Waals surface area contributed by atoms with Crippen LogP contribution in [-0.2, 0) is 7.05 Å². The molecule has 0 amide bonds. The fourth-order valence-electron chi connectivity index (χ4n) is 4.58. The molecule has 3 aromatic rings. The molecule has 1 saturated heterocycles.